The molecule has 2 aliphatic rings. The molecule has 4 rings (SSSR count). The van der Waals surface area contributed by atoms with Crippen molar-refractivity contribution in [3.8, 4) is 0 Å². The summed E-state index contributed by atoms with van der Waals surface area (Å²) in [6.45, 7) is 6.96. The first-order valence-electron chi connectivity index (χ1n) is 10.8. The molecule has 2 atom stereocenters. The first-order valence-corrected chi connectivity index (χ1v) is 11.6. The topological polar surface area (TPSA) is 26.8 Å². The minimum Gasteiger partial charge on any atom is -0.368 e. The van der Waals surface area contributed by atoms with Gasteiger partial charge in [-0.3, -0.25) is 9.69 Å². The van der Waals surface area contributed by atoms with Gasteiger partial charge in [0.25, 0.3) is 0 Å². The van der Waals surface area contributed by atoms with Crippen LogP contribution in [0, 0.1) is 0 Å². The van der Waals surface area contributed by atoms with Crippen LogP contribution in [-0.2, 0) is 11.2 Å². The van der Waals surface area contributed by atoms with Gasteiger partial charge in [0.15, 0.2) is 0 Å². The van der Waals surface area contributed by atoms with Crippen molar-refractivity contribution >= 4 is 34.8 Å². The van der Waals surface area contributed by atoms with E-state index >= 15 is 0 Å². The van der Waals surface area contributed by atoms with Crippen LogP contribution in [0.4, 0.5) is 5.69 Å². The molecule has 1 amide bonds. The predicted octanol–water partition coefficient (Wildman–Crippen LogP) is 4.74. The van der Waals surface area contributed by atoms with E-state index in [2.05, 4.69) is 45.9 Å². The van der Waals surface area contributed by atoms with Gasteiger partial charge in [0.2, 0.25) is 5.91 Å². The van der Waals surface area contributed by atoms with Crippen molar-refractivity contribution in [2.45, 2.75) is 38.3 Å². The number of piperazine rings is 1. The number of rotatable bonds is 5. The molecule has 4 nitrogen and oxygen atoms in total. The van der Waals surface area contributed by atoms with Gasteiger partial charge in [-0.25, -0.2) is 0 Å². The van der Waals surface area contributed by atoms with Crippen molar-refractivity contribution in [3.63, 3.8) is 0 Å². The Morgan fingerprint density at radius 1 is 1.00 bits per heavy atom. The molecule has 2 fully saturated rings. The Hall–Kier alpha value is -1.75. The second-order valence-corrected chi connectivity index (χ2v) is 9.16. The standard InChI is InChI=1S/C24H29Cl2N3O/c1-18(27-11-5-6-12-27)23-17-28(20-7-3-2-4-8-20)13-14-29(23)24(30)16-19-9-10-21(25)22(26)15-19/h2-4,7-10,15,18,23H,5-6,11-14,16-17H2,1H3/t18-,23?/m0/s1. The average Bonchev–Trinajstić information content (AvgIpc) is 3.31. The van der Waals surface area contributed by atoms with E-state index in [0.717, 1.165) is 38.3 Å². The zero-order valence-electron chi connectivity index (χ0n) is 17.4. The molecular weight excluding hydrogens is 417 g/mol. The largest absolute Gasteiger partial charge is 0.368 e. The molecule has 6 heteroatoms. The van der Waals surface area contributed by atoms with Crippen LogP contribution in [0.2, 0.25) is 10.0 Å². The predicted molar refractivity (Wildman–Crippen MR) is 125 cm³/mol. The third-order valence-electron chi connectivity index (χ3n) is 6.47. The summed E-state index contributed by atoms with van der Waals surface area (Å²) in [7, 11) is 0. The third-order valence-corrected chi connectivity index (χ3v) is 7.21. The first-order chi connectivity index (χ1) is 14.5. The summed E-state index contributed by atoms with van der Waals surface area (Å²) < 4.78 is 0. The fraction of sp³-hybridized carbons (Fsp3) is 0.458. The molecule has 0 saturated carbocycles. The van der Waals surface area contributed by atoms with Crippen molar-refractivity contribution in [2.75, 3.05) is 37.6 Å². The van der Waals surface area contributed by atoms with Gasteiger partial charge < -0.3 is 9.80 Å². The zero-order valence-corrected chi connectivity index (χ0v) is 18.9. The lowest BCUT2D eigenvalue weighted by molar-refractivity contribution is -0.134. The molecule has 2 heterocycles. The number of anilines is 1. The SMILES string of the molecule is C[C@@H](C1CN(c2ccccc2)CCN1C(=O)Cc1ccc(Cl)c(Cl)c1)N1CCCC1. The van der Waals surface area contributed by atoms with E-state index in [4.69, 9.17) is 23.2 Å². The lowest BCUT2D eigenvalue weighted by atomic mass is 10.0. The number of benzene rings is 2. The number of amides is 1. The van der Waals surface area contributed by atoms with Crippen molar-refractivity contribution in [1.82, 2.24) is 9.80 Å². The van der Waals surface area contributed by atoms with Gasteiger partial charge in [-0.1, -0.05) is 47.5 Å². The van der Waals surface area contributed by atoms with Crippen molar-refractivity contribution in [2.24, 2.45) is 0 Å². The van der Waals surface area contributed by atoms with Crippen LogP contribution in [0.25, 0.3) is 0 Å². The normalized spacial score (nSPS) is 21.1. The van der Waals surface area contributed by atoms with Gasteiger partial charge in [0.05, 0.1) is 22.5 Å². The van der Waals surface area contributed by atoms with Crippen LogP contribution in [0.3, 0.4) is 0 Å². The molecule has 160 valence electrons. The third kappa shape index (κ3) is 4.77. The minimum atomic E-state index is 0.160. The summed E-state index contributed by atoms with van der Waals surface area (Å²) in [5, 5.41) is 1.02. The number of halogens is 2. The second kappa shape index (κ2) is 9.59. The molecule has 30 heavy (non-hydrogen) atoms. The lowest BCUT2D eigenvalue weighted by Crippen LogP contribution is -2.62. The molecule has 0 radical (unpaired) electrons. The number of carbonyl (C=O) groups is 1. The fourth-order valence-electron chi connectivity index (χ4n) is 4.72. The van der Waals surface area contributed by atoms with E-state index in [1.807, 2.05) is 12.1 Å². The van der Waals surface area contributed by atoms with Crippen molar-refractivity contribution in [1.29, 1.82) is 0 Å². The number of nitrogens with zero attached hydrogens (tertiary/aromatic N) is 3. The van der Waals surface area contributed by atoms with Crippen LogP contribution >= 0.6 is 23.2 Å². The van der Waals surface area contributed by atoms with Crippen molar-refractivity contribution in [3.05, 3.63) is 64.1 Å². The zero-order chi connectivity index (χ0) is 21.1. The van der Waals surface area contributed by atoms with E-state index in [-0.39, 0.29) is 11.9 Å². The molecule has 0 aromatic heterocycles. The fourth-order valence-corrected chi connectivity index (χ4v) is 5.04. The first kappa shape index (κ1) is 21.5. The maximum absolute atomic E-state index is 13.3. The molecule has 0 N–H and O–H groups in total. The molecule has 0 bridgehead atoms. The average molecular weight is 446 g/mol. The highest BCUT2D eigenvalue weighted by Crippen LogP contribution is 2.26. The summed E-state index contributed by atoms with van der Waals surface area (Å²) in [6.07, 6.45) is 2.85. The Balaban J connectivity index is 1.53. The smallest absolute Gasteiger partial charge is 0.227 e. The van der Waals surface area contributed by atoms with E-state index < -0.39 is 0 Å². The summed E-state index contributed by atoms with van der Waals surface area (Å²) in [6, 6.07) is 16.5. The molecule has 0 spiro atoms. The number of carbonyl (C=O) groups excluding carboxylic acids is 1. The highest BCUT2D eigenvalue weighted by atomic mass is 35.5. The maximum atomic E-state index is 13.3. The van der Waals surface area contributed by atoms with E-state index in [0.29, 0.717) is 22.5 Å². The monoisotopic (exact) mass is 445 g/mol. The Kier molecular flexibility index (Phi) is 6.87. The highest BCUT2D eigenvalue weighted by Gasteiger charge is 2.37. The molecule has 2 aromatic rings. The van der Waals surface area contributed by atoms with Gasteiger partial charge in [0, 0.05) is 31.4 Å². The van der Waals surface area contributed by atoms with Gasteiger partial charge in [0.1, 0.15) is 0 Å². The van der Waals surface area contributed by atoms with Crippen LogP contribution in [-0.4, -0.2) is 60.5 Å². The van der Waals surface area contributed by atoms with Crippen LogP contribution in [0.15, 0.2) is 48.5 Å². The minimum absolute atomic E-state index is 0.160. The highest BCUT2D eigenvalue weighted by molar-refractivity contribution is 6.42. The molecule has 2 saturated heterocycles. The van der Waals surface area contributed by atoms with Gasteiger partial charge in [-0.05, 0) is 62.7 Å². The van der Waals surface area contributed by atoms with E-state index in [1.165, 1.54) is 18.5 Å². The summed E-state index contributed by atoms with van der Waals surface area (Å²) in [5.74, 6) is 0.164. The van der Waals surface area contributed by atoms with Gasteiger partial charge in [-0.2, -0.15) is 0 Å². The number of hydrogen-bond acceptors (Lipinski definition) is 3. The molecule has 2 aromatic carbocycles. The molecule has 2 aliphatic heterocycles. The molecule has 0 aliphatic carbocycles. The molecule has 1 unspecified atom stereocenters. The second-order valence-electron chi connectivity index (χ2n) is 8.34. The number of para-hydroxylation sites is 1. The quantitative estimate of drug-likeness (QED) is 0.664. The van der Waals surface area contributed by atoms with Crippen LogP contribution < -0.4 is 4.90 Å². The Labute approximate surface area is 189 Å². The van der Waals surface area contributed by atoms with Gasteiger partial charge in [-0.15, -0.1) is 0 Å². The van der Waals surface area contributed by atoms with E-state index in [1.54, 1.807) is 12.1 Å². The number of likely N-dealkylation sites (tertiary alicyclic amines) is 1. The Morgan fingerprint density at radius 2 is 1.73 bits per heavy atom. The van der Waals surface area contributed by atoms with Crippen LogP contribution in [0.5, 0.6) is 0 Å². The number of hydrogen-bond donors (Lipinski definition) is 0. The summed E-state index contributed by atoms with van der Waals surface area (Å²) >= 11 is 12.2. The summed E-state index contributed by atoms with van der Waals surface area (Å²) in [4.78, 5) is 20.4. The summed E-state index contributed by atoms with van der Waals surface area (Å²) in [5.41, 5.74) is 2.14. The van der Waals surface area contributed by atoms with Crippen molar-refractivity contribution < 1.29 is 4.79 Å². The lowest BCUT2D eigenvalue weighted by Gasteiger charge is -2.47. The molecular formula is C24H29Cl2N3O. The van der Waals surface area contributed by atoms with Crippen LogP contribution in [0.1, 0.15) is 25.3 Å². The Morgan fingerprint density at radius 3 is 2.43 bits per heavy atom. The Bertz CT molecular complexity index is 870. The van der Waals surface area contributed by atoms with Gasteiger partial charge >= 0.3 is 0 Å². The maximum Gasteiger partial charge on any atom is 0.227 e. The van der Waals surface area contributed by atoms with E-state index in [9.17, 15) is 4.79 Å².